The lowest BCUT2D eigenvalue weighted by molar-refractivity contribution is 0.469. The molecule has 0 amide bonds. The molecule has 0 saturated carbocycles. The quantitative estimate of drug-likeness (QED) is 0.611. The van der Waals surface area contributed by atoms with Crippen LogP contribution >= 0.6 is 0 Å². The molecule has 0 aliphatic carbocycles. The molecule has 0 radical (unpaired) electrons. The number of rotatable bonds is 0. The molecular weight excluding hydrogens is 169 g/mol. The Labute approximate surface area is 75.2 Å². The summed E-state index contributed by atoms with van der Waals surface area (Å²) in [7, 11) is 0. The highest BCUT2D eigenvalue weighted by atomic mass is 19.1. The standard InChI is InChI=1S/C10H6FNO/c11-9-5-8(3-1-2-4-12)6-10(13)7-9/h5-7,13H,2H2. The fourth-order valence-corrected chi connectivity index (χ4v) is 0.832. The minimum Gasteiger partial charge on any atom is -0.508 e. The van der Waals surface area contributed by atoms with Crippen LogP contribution in [-0.2, 0) is 0 Å². The molecular formula is C10H6FNO. The molecule has 3 heteroatoms. The monoisotopic (exact) mass is 175 g/mol. The van der Waals surface area contributed by atoms with E-state index in [2.05, 4.69) is 11.8 Å². The van der Waals surface area contributed by atoms with Crippen molar-refractivity contribution in [1.29, 1.82) is 5.26 Å². The van der Waals surface area contributed by atoms with E-state index < -0.39 is 5.82 Å². The second-order valence-corrected chi connectivity index (χ2v) is 2.33. The van der Waals surface area contributed by atoms with Crippen LogP contribution in [0.15, 0.2) is 18.2 Å². The maximum Gasteiger partial charge on any atom is 0.128 e. The van der Waals surface area contributed by atoms with E-state index >= 15 is 0 Å². The summed E-state index contributed by atoms with van der Waals surface area (Å²) in [5.74, 6) is 4.37. The number of phenols is 1. The topological polar surface area (TPSA) is 44.0 Å². The Morgan fingerprint density at radius 2 is 2.15 bits per heavy atom. The number of hydrogen-bond donors (Lipinski definition) is 1. The summed E-state index contributed by atoms with van der Waals surface area (Å²) in [6.45, 7) is 0. The van der Waals surface area contributed by atoms with Gasteiger partial charge in [0.25, 0.3) is 0 Å². The van der Waals surface area contributed by atoms with Gasteiger partial charge in [-0.15, -0.1) is 0 Å². The largest absolute Gasteiger partial charge is 0.508 e. The maximum atomic E-state index is 12.6. The van der Waals surface area contributed by atoms with Gasteiger partial charge in [-0.3, -0.25) is 0 Å². The highest BCUT2D eigenvalue weighted by Crippen LogP contribution is 2.13. The summed E-state index contributed by atoms with van der Waals surface area (Å²) in [6, 6.07) is 5.37. The molecule has 0 aliphatic heterocycles. The Morgan fingerprint density at radius 3 is 2.77 bits per heavy atom. The minimum atomic E-state index is -0.541. The molecule has 0 heterocycles. The number of halogens is 1. The lowest BCUT2D eigenvalue weighted by Gasteiger charge is -1.93. The number of nitriles is 1. The third kappa shape index (κ3) is 2.84. The number of aromatic hydroxyl groups is 1. The van der Waals surface area contributed by atoms with Crippen molar-refractivity contribution in [2.24, 2.45) is 0 Å². The highest BCUT2D eigenvalue weighted by Gasteiger charge is 1.95. The van der Waals surface area contributed by atoms with Crippen LogP contribution in [0.5, 0.6) is 5.75 Å². The fraction of sp³-hybridized carbons (Fsp3) is 0.100. The van der Waals surface area contributed by atoms with Crippen molar-refractivity contribution < 1.29 is 9.50 Å². The van der Waals surface area contributed by atoms with Crippen LogP contribution in [0.2, 0.25) is 0 Å². The van der Waals surface area contributed by atoms with Gasteiger partial charge in [0.15, 0.2) is 0 Å². The zero-order valence-corrected chi connectivity index (χ0v) is 6.71. The summed E-state index contributed by atoms with van der Waals surface area (Å²) in [5.41, 5.74) is 0.368. The second kappa shape index (κ2) is 4.13. The van der Waals surface area contributed by atoms with E-state index in [-0.39, 0.29) is 12.2 Å². The Kier molecular flexibility index (Phi) is 2.89. The van der Waals surface area contributed by atoms with Crippen molar-refractivity contribution in [2.75, 3.05) is 0 Å². The molecule has 1 aromatic rings. The van der Waals surface area contributed by atoms with Crippen LogP contribution in [0.4, 0.5) is 4.39 Å². The third-order valence-electron chi connectivity index (χ3n) is 1.28. The molecule has 0 aliphatic rings. The smallest absolute Gasteiger partial charge is 0.128 e. The first-order valence-electron chi connectivity index (χ1n) is 3.58. The molecule has 0 saturated heterocycles. The molecule has 2 nitrogen and oxygen atoms in total. The summed E-state index contributed by atoms with van der Waals surface area (Å²) in [5, 5.41) is 17.2. The molecule has 1 aromatic carbocycles. The molecule has 0 fully saturated rings. The highest BCUT2D eigenvalue weighted by molar-refractivity contribution is 5.40. The minimum absolute atomic E-state index is 0.0945. The van der Waals surface area contributed by atoms with E-state index in [0.29, 0.717) is 5.56 Å². The number of benzene rings is 1. The molecule has 1 rings (SSSR count). The normalized spacial score (nSPS) is 8.31. The van der Waals surface area contributed by atoms with Crippen LogP contribution in [0.1, 0.15) is 12.0 Å². The van der Waals surface area contributed by atoms with Crippen molar-refractivity contribution in [1.82, 2.24) is 0 Å². The molecule has 64 valence electrons. The van der Waals surface area contributed by atoms with Gasteiger partial charge in [-0.25, -0.2) is 4.39 Å². The summed E-state index contributed by atoms with van der Waals surface area (Å²) in [6.07, 6.45) is 0.0945. The van der Waals surface area contributed by atoms with Gasteiger partial charge in [0.2, 0.25) is 0 Å². The van der Waals surface area contributed by atoms with Crippen LogP contribution < -0.4 is 0 Å². The van der Waals surface area contributed by atoms with Crippen molar-refractivity contribution in [3.05, 3.63) is 29.6 Å². The van der Waals surface area contributed by atoms with Gasteiger partial charge in [-0.2, -0.15) is 5.26 Å². The molecule has 0 spiro atoms. The fourth-order valence-electron chi connectivity index (χ4n) is 0.832. The van der Waals surface area contributed by atoms with E-state index in [0.717, 1.165) is 6.07 Å². The summed E-state index contributed by atoms with van der Waals surface area (Å²) in [4.78, 5) is 0. The van der Waals surface area contributed by atoms with Gasteiger partial charge in [0.1, 0.15) is 11.6 Å². The van der Waals surface area contributed by atoms with E-state index in [1.165, 1.54) is 12.1 Å². The van der Waals surface area contributed by atoms with E-state index in [4.69, 9.17) is 10.4 Å². The zero-order chi connectivity index (χ0) is 9.68. The molecule has 13 heavy (non-hydrogen) atoms. The average molecular weight is 175 g/mol. The second-order valence-electron chi connectivity index (χ2n) is 2.33. The van der Waals surface area contributed by atoms with Crippen LogP contribution in [0, 0.1) is 29.0 Å². The van der Waals surface area contributed by atoms with Crippen LogP contribution in [0.3, 0.4) is 0 Å². The van der Waals surface area contributed by atoms with Crippen molar-refractivity contribution in [2.45, 2.75) is 6.42 Å². The lowest BCUT2D eigenvalue weighted by Crippen LogP contribution is -1.78. The molecule has 0 aromatic heterocycles. The van der Waals surface area contributed by atoms with E-state index in [1.54, 1.807) is 0 Å². The Bertz CT molecular complexity index is 389. The van der Waals surface area contributed by atoms with E-state index in [1.807, 2.05) is 6.07 Å². The summed E-state index contributed by atoms with van der Waals surface area (Å²) >= 11 is 0. The van der Waals surface area contributed by atoms with Gasteiger partial charge < -0.3 is 5.11 Å². The number of nitrogens with zero attached hydrogens (tertiary/aromatic N) is 1. The predicted octanol–water partition coefficient (Wildman–Crippen LogP) is 1.80. The third-order valence-corrected chi connectivity index (χ3v) is 1.28. The van der Waals surface area contributed by atoms with Crippen molar-refractivity contribution in [3.8, 4) is 23.7 Å². The van der Waals surface area contributed by atoms with Crippen molar-refractivity contribution in [3.63, 3.8) is 0 Å². The Hall–Kier alpha value is -2.00. The van der Waals surface area contributed by atoms with Crippen LogP contribution in [-0.4, -0.2) is 5.11 Å². The molecule has 0 bridgehead atoms. The Balaban J connectivity index is 2.92. The summed E-state index contributed by atoms with van der Waals surface area (Å²) < 4.78 is 12.6. The van der Waals surface area contributed by atoms with Gasteiger partial charge in [-0.05, 0) is 12.1 Å². The molecule has 0 unspecified atom stereocenters. The van der Waals surface area contributed by atoms with Gasteiger partial charge in [-0.1, -0.05) is 11.8 Å². The average Bonchev–Trinajstić information content (AvgIpc) is 2.03. The Morgan fingerprint density at radius 1 is 1.38 bits per heavy atom. The lowest BCUT2D eigenvalue weighted by atomic mass is 10.2. The molecule has 0 atom stereocenters. The van der Waals surface area contributed by atoms with E-state index in [9.17, 15) is 4.39 Å². The van der Waals surface area contributed by atoms with Crippen molar-refractivity contribution >= 4 is 0 Å². The van der Waals surface area contributed by atoms with Gasteiger partial charge in [0, 0.05) is 11.6 Å². The SMILES string of the molecule is N#CCC#Cc1cc(O)cc(F)c1. The first kappa shape index (κ1) is 9.09. The first-order chi connectivity index (χ1) is 6.22. The van der Waals surface area contributed by atoms with Gasteiger partial charge in [0.05, 0.1) is 12.5 Å². The van der Waals surface area contributed by atoms with Crippen LogP contribution in [0.25, 0.3) is 0 Å². The maximum absolute atomic E-state index is 12.6. The number of phenolic OH excluding ortho intramolecular Hbond substituents is 1. The predicted molar refractivity (Wildman–Crippen MR) is 45.2 cm³/mol. The first-order valence-corrected chi connectivity index (χ1v) is 3.58. The zero-order valence-electron chi connectivity index (χ0n) is 6.71. The van der Waals surface area contributed by atoms with Gasteiger partial charge >= 0.3 is 0 Å². The molecule has 1 N–H and O–H groups in total. The number of hydrogen-bond acceptors (Lipinski definition) is 2.